The monoisotopic (exact) mass is 183 g/mol. The maximum Gasteiger partial charge on any atom is 0.234 e. The van der Waals surface area contributed by atoms with Gasteiger partial charge in [0.25, 0.3) is 0 Å². The topological polar surface area (TPSA) is 37.4 Å². The number of hydrogen-bond acceptors (Lipinski definition) is 2. The molecule has 1 heterocycles. The highest BCUT2D eigenvalue weighted by Crippen LogP contribution is 2.25. The molecule has 1 aliphatic rings. The zero-order chi connectivity index (χ0) is 10.0. The number of imide groups is 1. The van der Waals surface area contributed by atoms with Crippen LogP contribution in [0.15, 0.2) is 0 Å². The molecule has 74 valence electrons. The van der Waals surface area contributed by atoms with Gasteiger partial charge in [0.2, 0.25) is 11.8 Å². The average Bonchev–Trinajstić information content (AvgIpc) is 2.01. The first-order valence-electron chi connectivity index (χ1n) is 4.92. The van der Waals surface area contributed by atoms with Crippen LogP contribution in [0, 0.1) is 11.8 Å². The summed E-state index contributed by atoms with van der Waals surface area (Å²) in [6.07, 6.45) is 1.31. The molecule has 1 saturated heterocycles. The van der Waals surface area contributed by atoms with E-state index in [4.69, 9.17) is 0 Å². The maximum absolute atomic E-state index is 11.4. The highest BCUT2D eigenvalue weighted by Gasteiger charge is 2.41. The van der Waals surface area contributed by atoms with Crippen molar-refractivity contribution in [3.63, 3.8) is 0 Å². The molecule has 0 saturated carbocycles. The lowest BCUT2D eigenvalue weighted by atomic mass is 9.87. The van der Waals surface area contributed by atoms with Crippen molar-refractivity contribution >= 4 is 11.8 Å². The van der Waals surface area contributed by atoms with E-state index in [2.05, 4.69) is 0 Å². The van der Waals surface area contributed by atoms with Gasteiger partial charge in [-0.2, -0.15) is 0 Å². The second-order valence-electron chi connectivity index (χ2n) is 3.94. The van der Waals surface area contributed by atoms with Gasteiger partial charge in [-0.15, -0.1) is 0 Å². The molecule has 0 aliphatic carbocycles. The molecule has 0 aromatic rings. The first kappa shape index (κ1) is 10.2. The Hall–Kier alpha value is -0.860. The third kappa shape index (κ3) is 1.90. The number of likely N-dealkylation sites (tertiary alicyclic amines) is 1. The predicted molar refractivity (Wildman–Crippen MR) is 50.0 cm³/mol. The van der Waals surface area contributed by atoms with E-state index in [0.29, 0.717) is 18.9 Å². The van der Waals surface area contributed by atoms with E-state index in [1.807, 2.05) is 20.8 Å². The summed E-state index contributed by atoms with van der Waals surface area (Å²) in [6, 6.07) is 0. The largest absolute Gasteiger partial charge is 0.282 e. The van der Waals surface area contributed by atoms with Crippen LogP contribution in [0.2, 0.25) is 0 Å². The van der Waals surface area contributed by atoms with E-state index < -0.39 is 0 Å². The van der Waals surface area contributed by atoms with Gasteiger partial charge >= 0.3 is 0 Å². The summed E-state index contributed by atoms with van der Waals surface area (Å²) in [6.45, 7) is 6.62. The van der Waals surface area contributed by atoms with Gasteiger partial charge in [-0.3, -0.25) is 14.5 Å². The second-order valence-corrected chi connectivity index (χ2v) is 3.94. The summed E-state index contributed by atoms with van der Waals surface area (Å²) in [4.78, 5) is 24.1. The summed E-state index contributed by atoms with van der Waals surface area (Å²) in [5, 5.41) is 0. The number of hydrogen-bond donors (Lipinski definition) is 0. The third-order valence-corrected chi connectivity index (χ3v) is 2.53. The molecule has 0 aromatic heterocycles. The van der Waals surface area contributed by atoms with Crippen molar-refractivity contribution in [2.24, 2.45) is 11.8 Å². The Morgan fingerprint density at radius 3 is 2.62 bits per heavy atom. The number of rotatable bonds is 3. The van der Waals surface area contributed by atoms with E-state index in [1.165, 1.54) is 4.90 Å². The van der Waals surface area contributed by atoms with Crippen LogP contribution in [-0.2, 0) is 9.59 Å². The maximum atomic E-state index is 11.4. The SMILES string of the molecule is CCCC(=O)N1C[C@@H](C(C)C)C1=O. The molecule has 0 bridgehead atoms. The van der Waals surface area contributed by atoms with Crippen molar-refractivity contribution < 1.29 is 9.59 Å². The zero-order valence-corrected chi connectivity index (χ0v) is 8.54. The Morgan fingerprint density at radius 1 is 1.62 bits per heavy atom. The van der Waals surface area contributed by atoms with Crippen LogP contribution in [0.3, 0.4) is 0 Å². The standard InChI is InChI=1S/C10H17NO2/c1-4-5-9(12)11-6-8(7(2)3)10(11)13/h7-8H,4-6H2,1-3H3/t8-/m0/s1. The van der Waals surface area contributed by atoms with Crippen LogP contribution in [0.1, 0.15) is 33.6 Å². The molecule has 0 radical (unpaired) electrons. The van der Waals surface area contributed by atoms with Gasteiger partial charge in [0, 0.05) is 13.0 Å². The number of carbonyl (C=O) groups is 2. The van der Waals surface area contributed by atoms with Crippen LogP contribution < -0.4 is 0 Å². The normalized spacial score (nSPS) is 22.0. The molecule has 1 rings (SSSR count). The minimum Gasteiger partial charge on any atom is -0.282 e. The quantitative estimate of drug-likeness (QED) is 0.621. The summed E-state index contributed by atoms with van der Waals surface area (Å²) >= 11 is 0. The third-order valence-electron chi connectivity index (χ3n) is 2.53. The van der Waals surface area contributed by atoms with Gasteiger partial charge in [-0.1, -0.05) is 20.8 Å². The molecular weight excluding hydrogens is 166 g/mol. The van der Waals surface area contributed by atoms with Crippen molar-refractivity contribution in [1.29, 1.82) is 0 Å². The van der Waals surface area contributed by atoms with Gasteiger partial charge in [-0.05, 0) is 12.3 Å². The van der Waals surface area contributed by atoms with Crippen molar-refractivity contribution in [2.75, 3.05) is 6.54 Å². The molecule has 0 spiro atoms. The molecule has 3 heteroatoms. The Labute approximate surface area is 79.1 Å². The fourth-order valence-electron chi connectivity index (χ4n) is 1.52. The fourth-order valence-corrected chi connectivity index (χ4v) is 1.52. The molecular formula is C10H17NO2. The first-order chi connectivity index (χ1) is 6.07. The van der Waals surface area contributed by atoms with Crippen LogP contribution in [0.25, 0.3) is 0 Å². The molecule has 0 unspecified atom stereocenters. The van der Waals surface area contributed by atoms with Gasteiger partial charge in [0.05, 0.1) is 5.92 Å². The average molecular weight is 183 g/mol. The second kappa shape index (κ2) is 3.90. The highest BCUT2D eigenvalue weighted by atomic mass is 16.2. The van der Waals surface area contributed by atoms with Gasteiger partial charge in [-0.25, -0.2) is 0 Å². The van der Waals surface area contributed by atoms with Crippen molar-refractivity contribution in [3.8, 4) is 0 Å². The van der Waals surface area contributed by atoms with E-state index >= 15 is 0 Å². The van der Waals surface area contributed by atoms with Gasteiger partial charge < -0.3 is 0 Å². The molecule has 1 atom stereocenters. The molecule has 1 aliphatic heterocycles. The molecule has 0 aromatic carbocycles. The smallest absolute Gasteiger partial charge is 0.234 e. The molecule has 2 amide bonds. The lowest BCUT2D eigenvalue weighted by molar-refractivity contribution is -0.160. The number of carbonyl (C=O) groups excluding carboxylic acids is 2. The molecule has 1 fully saturated rings. The molecule has 3 nitrogen and oxygen atoms in total. The lowest BCUT2D eigenvalue weighted by Crippen LogP contribution is -2.56. The summed E-state index contributed by atoms with van der Waals surface area (Å²) in [7, 11) is 0. The first-order valence-corrected chi connectivity index (χ1v) is 4.92. The van der Waals surface area contributed by atoms with Crippen LogP contribution in [0.5, 0.6) is 0 Å². The fraction of sp³-hybridized carbons (Fsp3) is 0.800. The van der Waals surface area contributed by atoms with E-state index in [0.717, 1.165) is 6.42 Å². The van der Waals surface area contributed by atoms with Crippen LogP contribution in [0.4, 0.5) is 0 Å². The Morgan fingerprint density at radius 2 is 2.23 bits per heavy atom. The van der Waals surface area contributed by atoms with E-state index in [1.54, 1.807) is 0 Å². The lowest BCUT2D eigenvalue weighted by Gasteiger charge is -2.39. The Bertz CT molecular complexity index is 223. The van der Waals surface area contributed by atoms with Gasteiger partial charge in [0.1, 0.15) is 0 Å². The van der Waals surface area contributed by atoms with E-state index in [-0.39, 0.29) is 17.7 Å². The minimum atomic E-state index is -0.00981. The summed E-state index contributed by atoms with van der Waals surface area (Å²) in [5.41, 5.74) is 0. The van der Waals surface area contributed by atoms with Crippen molar-refractivity contribution in [3.05, 3.63) is 0 Å². The molecule has 13 heavy (non-hydrogen) atoms. The molecule has 0 N–H and O–H groups in total. The summed E-state index contributed by atoms with van der Waals surface area (Å²) in [5.74, 6) is 0.455. The zero-order valence-electron chi connectivity index (χ0n) is 8.54. The van der Waals surface area contributed by atoms with Crippen LogP contribution >= 0.6 is 0 Å². The number of β-lactam (4-membered cyclic amide) rings is 1. The van der Waals surface area contributed by atoms with Crippen LogP contribution in [-0.4, -0.2) is 23.3 Å². The minimum absolute atomic E-state index is 0.00981. The number of amides is 2. The van der Waals surface area contributed by atoms with Crippen molar-refractivity contribution in [2.45, 2.75) is 33.6 Å². The van der Waals surface area contributed by atoms with Crippen molar-refractivity contribution in [1.82, 2.24) is 4.90 Å². The Kier molecular flexibility index (Phi) is 3.07. The predicted octanol–water partition coefficient (Wildman–Crippen LogP) is 1.43. The highest BCUT2D eigenvalue weighted by molar-refractivity contribution is 6.00. The number of nitrogens with zero attached hydrogens (tertiary/aromatic N) is 1. The van der Waals surface area contributed by atoms with Gasteiger partial charge in [0.15, 0.2) is 0 Å². The van der Waals surface area contributed by atoms with E-state index in [9.17, 15) is 9.59 Å². The Balaban J connectivity index is 2.43. The summed E-state index contributed by atoms with van der Waals surface area (Å²) < 4.78 is 0.